The van der Waals surface area contributed by atoms with Crippen LogP contribution in [-0.2, 0) is 11.3 Å². The van der Waals surface area contributed by atoms with E-state index in [0.29, 0.717) is 6.61 Å². The number of halogens is 3. The molecule has 0 aliphatic heterocycles. The van der Waals surface area contributed by atoms with E-state index < -0.39 is 12.2 Å². The van der Waals surface area contributed by atoms with E-state index in [1.54, 1.807) is 26.2 Å². The molecule has 0 bridgehead atoms. The Morgan fingerprint density at radius 2 is 1.82 bits per heavy atom. The van der Waals surface area contributed by atoms with Crippen LogP contribution in [0, 0.1) is 0 Å². The molecule has 1 rings (SSSR count). The molecule has 0 amide bonds. The summed E-state index contributed by atoms with van der Waals surface area (Å²) in [5, 5.41) is 2.43. The SMILES string of the molecule is CCNC(c1ccc(COC)cc1)C(F)(F)F. The van der Waals surface area contributed by atoms with E-state index in [4.69, 9.17) is 4.74 Å². The summed E-state index contributed by atoms with van der Waals surface area (Å²) in [5.41, 5.74) is 1.08. The lowest BCUT2D eigenvalue weighted by molar-refractivity contribution is -0.157. The van der Waals surface area contributed by atoms with Crippen molar-refractivity contribution in [1.29, 1.82) is 0 Å². The molecule has 1 N–H and O–H groups in total. The van der Waals surface area contributed by atoms with Crippen LogP contribution in [0.3, 0.4) is 0 Å². The van der Waals surface area contributed by atoms with Crippen LogP contribution in [0.25, 0.3) is 0 Å². The average molecular weight is 247 g/mol. The molecule has 0 saturated carbocycles. The highest BCUT2D eigenvalue weighted by atomic mass is 19.4. The summed E-state index contributed by atoms with van der Waals surface area (Å²) in [4.78, 5) is 0. The van der Waals surface area contributed by atoms with Gasteiger partial charge in [0.05, 0.1) is 6.61 Å². The lowest BCUT2D eigenvalue weighted by Crippen LogP contribution is -2.33. The Bertz CT molecular complexity index is 335. The van der Waals surface area contributed by atoms with Crippen molar-refractivity contribution in [3.05, 3.63) is 35.4 Å². The van der Waals surface area contributed by atoms with Gasteiger partial charge in [0.1, 0.15) is 6.04 Å². The van der Waals surface area contributed by atoms with Gasteiger partial charge in [-0.15, -0.1) is 0 Å². The molecule has 1 aromatic carbocycles. The minimum atomic E-state index is -4.28. The third-order valence-electron chi connectivity index (χ3n) is 2.36. The molecule has 1 unspecified atom stereocenters. The molecule has 0 saturated heterocycles. The molecular formula is C12H16F3NO. The largest absolute Gasteiger partial charge is 0.407 e. The van der Waals surface area contributed by atoms with Gasteiger partial charge in [-0.25, -0.2) is 0 Å². The summed E-state index contributed by atoms with van der Waals surface area (Å²) < 4.78 is 43.2. The molecule has 2 nitrogen and oxygen atoms in total. The van der Waals surface area contributed by atoms with Gasteiger partial charge in [0, 0.05) is 7.11 Å². The zero-order chi connectivity index (χ0) is 12.9. The van der Waals surface area contributed by atoms with Crippen LogP contribution < -0.4 is 5.32 Å². The monoisotopic (exact) mass is 247 g/mol. The van der Waals surface area contributed by atoms with E-state index in [9.17, 15) is 13.2 Å². The number of ether oxygens (including phenoxy) is 1. The fourth-order valence-corrected chi connectivity index (χ4v) is 1.60. The van der Waals surface area contributed by atoms with Gasteiger partial charge < -0.3 is 10.1 Å². The fraction of sp³-hybridized carbons (Fsp3) is 0.500. The quantitative estimate of drug-likeness (QED) is 0.863. The highest BCUT2D eigenvalue weighted by Gasteiger charge is 2.39. The Morgan fingerprint density at radius 1 is 1.24 bits per heavy atom. The van der Waals surface area contributed by atoms with E-state index in [2.05, 4.69) is 5.32 Å². The van der Waals surface area contributed by atoms with Gasteiger partial charge in [-0.2, -0.15) is 13.2 Å². The Balaban J connectivity index is 2.87. The predicted octanol–water partition coefficient (Wildman–Crippen LogP) is 3.05. The molecule has 0 radical (unpaired) electrons. The lowest BCUT2D eigenvalue weighted by Gasteiger charge is -2.21. The minimum absolute atomic E-state index is 0.221. The summed E-state index contributed by atoms with van der Waals surface area (Å²) in [6, 6.07) is 4.65. The molecule has 0 aromatic heterocycles. The maximum Gasteiger partial charge on any atom is 0.407 e. The molecule has 0 spiro atoms. The molecule has 5 heteroatoms. The summed E-state index contributed by atoms with van der Waals surface area (Å²) in [5.74, 6) is 0. The zero-order valence-corrected chi connectivity index (χ0v) is 9.84. The van der Waals surface area contributed by atoms with Crippen molar-refractivity contribution in [1.82, 2.24) is 5.32 Å². The molecule has 96 valence electrons. The van der Waals surface area contributed by atoms with Crippen molar-refractivity contribution >= 4 is 0 Å². The van der Waals surface area contributed by atoms with Gasteiger partial charge in [0.25, 0.3) is 0 Å². The standard InChI is InChI=1S/C12H16F3NO/c1-3-16-11(12(13,14)15)10-6-4-9(5-7-10)8-17-2/h4-7,11,16H,3,8H2,1-2H3. The van der Waals surface area contributed by atoms with Crippen LogP contribution in [0.1, 0.15) is 24.1 Å². The fourth-order valence-electron chi connectivity index (χ4n) is 1.60. The minimum Gasteiger partial charge on any atom is -0.380 e. The number of methoxy groups -OCH3 is 1. The molecule has 0 aliphatic rings. The Labute approximate surface area is 98.8 Å². The highest BCUT2D eigenvalue weighted by Crippen LogP contribution is 2.32. The zero-order valence-electron chi connectivity index (χ0n) is 9.84. The van der Waals surface area contributed by atoms with E-state index in [1.807, 2.05) is 0 Å². The van der Waals surface area contributed by atoms with Crippen LogP contribution in [0.2, 0.25) is 0 Å². The van der Waals surface area contributed by atoms with E-state index >= 15 is 0 Å². The number of rotatable bonds is 5. The first-order valence-electron chi connectivity index (χ1n) is 5.37. The normalized spacial score (nSPS) is 13.7. The number of alkyl halides is 3. The predicted molar refractivity (Wildman–Crippen MR) is 59.6 cm³/mol. The van der Waals surface area contributed by atoms with Crippen LogP contribution in [0.15, 0.2) is 24.3 Å². The van der Waals surface area contributed by atoms with Crippen LogP contribution in [0.5, 0.6) is 0 Å². The number of hydrogen-bond donors (Lipinski definition) is 1. The second-order valence-electron chi connectivity index (χ2n) is 3.71. The van der Waals surface area contributed by atoms with Gasteiger partial charge in [-0.05, 0) is 17.7 Å². The summed E-state index contributed by atoms with van der Waals surface area (Å²) in [6.45, 7) is 2.32. The maximum absolute atomic E-state index is 12.8. The van der Waals surface area contributed by atoms with Gasteiger partial charge in [0.2, 0.25) is 0 Å². The highest BCUT2D eigenvalue weighted by molar-refractivity contribution is 5.25. The van der Waals surface area contributed by atoms with E-state index in [-0.39, 0.29) is 12.1 Å². The number of benzene rings is 1. The van der Waals surface area contributed by atoms with Crippen molar-refractivity contribution in [2.24, 2.45) is 0 Å². The molecular weight excluding hydrogens is 231 g/mol. The Kier molecular flexibility index (Phi) is 4.96. The summed E-state index contributed by atoms with van der Waals surface area (Å²) in [6.07, 6.45) is -4.28. The van der Waals surface area contributed by atoms with Crippen LogP contribution >= 0.6 is 0 Å². The molecule has 0 aliphatic carbocycles. The molecule has 0 heterocycles. The van der Waals surface area contributed by atoms with Crippen molar-refractivity contribution in [2.45, 2.75) is 25.7 Å². The second-order valence-corrected chi connectivity index (χ2v) is 3.71. The average Bonchev–Trinajstić information content (AvgIpc) is 2.26. The smallest absolute Gasteiger partial charge is 0.380 e. The van der Waals surface area contributed by atoms with E-state index in [1.165, 1.54) is 12.1 Å². The summed E-state index contributed by atoms with van der Waals surface area (Å²) in [7, 11) is 1.55. The number of hydrogen-bond acceptors (Lipinski definition) is 2. The first kappa shape index (κ1) is 14.0. The third kappa shape index (κ3) is 4.02. The molecule has 17 heavy (non-hydrogen) atoms. The third-order valence-corrected chi connectivity index (χ3v) is 2.36. The van der Waals surface area contributed by atoms with Crippen molar-refractivity contribution in [2.75, 3.05) is 13.7 Å². The van der Waals surface area contributed by atoms with Crippen molar-refractivity contribution in [3.63, 3.8) is 0 Å². The second kappa shape index (κ2) is 6.02. The maximum atomic E-state index is 12.8. The number of nitrogens with one attached hydrogen (secondary N) is 1. The van der Waals surface area contributed by atoms with Crippen LogP contribution in [-0.4, -0.2) is 19.8 Å². The van der Waals surface area contributed by atoms with Crippen molar-refractivity contribution in [3.8, 4) is 0 Å². The Morgan fingerprint density at radius 3 is 2.24 bits per heavy atom. The molecule has 0 fully saturated rings. The molecule has 1 atom stereocenters. The first-order chi connectivity index (χ1) is 7.99. The first-order valence-corrected chi connectivity index (χ1v) is 5.37. The lowest BCUT2D eigenvalue weighted by atomic mass is 10.0. The Hall–Kier alpha value is -1.07. The van der Waals surface area contributed by atoms with Gasteiger partial charge in [0.15, 0.2) is 0 Å². The van der Waals surface area contributed by atoms with Gasteiger partial charge in [-0.3, -0.25) is 0 Å². The van der Waals surface area contributed by atoms with Crippen molar-refractivity contribution < 1.29 is 17.9 Å². The summed E-state index contributed by atoms with van der Waals surface area (Å²) >= 11 is 0. The molecule has 1 aromatic rings. The van der Waals surface area contributed by atoms with Gasteiger partial charge in [-0.1, -0.05) is 31.2 Å². The van der Waals surface area contributed by atoms with E-state index in [0.717, 1.165) is 5.56 Å². The van der Waals surface area contributed by atoms with Crippen LogP contribution in [0.4, 0.5) is 13.2 Å². The topological polar surface area (TPSA) is 21.3 Å². The van der Waals surface area contributed by atoms with Gasteiger partial charge >= 0.3 is 6.18 Å².